The monoisotopic (exact) mass is 249 g/mol. The summed E-state index contributed by atoms with van der Waals surface area (Å²) in [6.45, 7) is 4.75. The first-order valence-corrected chi connectivity index (χ1v) is 6.49. The first-order chi connectivity index (χ1) is 8.64. The number of hydrogen-bond acceptors (Lipinski definition) is 3. The molecule has 100 valence electrons. The second-order valence-corrected chi connectivity index (χ2v) is 5.52. The van der Waals surface area contributed by atoms with Gasteiger partial charge >= 0.3 is 0 Å². The molecule has 0 radical (unpaired) electrons. The first kappa shape index (κ1) is 13.5. The van der Waals surface area contributed by atoms with Crippen molar-refractivity contribution >= 4 is 0 Å². The minimum absolute atomic E-state index is 0.159. The third-order valence-corrected chi connectivity index (χ3v) is 3.70. The zero-order chi connectivity index (χ0) is 13.0. The third-order valence-electron chi connectivity index (χ3n) is 3.70. The van der Waals surface area contributed by atoms with E-state index in [0.29, 0.717) is 6.79 Å². The second-order valence-electron chi connectivity index (χ2n) is 5.52. The molecule has 3 nitrogen and oxygen atoms in total. The fraction of sp³-hybridized carbons (Fsp3) is 0.600. The van der Waals surface area contributed by atoms with E-state index in [0.717, 1.165) is 19.5 Å². The molecule has 0 aliphatic carbocycles. The highest BCUT2D eigenvalue weighted by Crippen LogP contribution is 2.34. The van der Waals surface area contributed by atoms with Crippen LogP contribution in [-0.2, 0) is 14.9 Å². The Labute approximate surface area is 110 Å². The number of methoxy groups -OCH3 is 1. The number of likely N-dealkylation sites (N-methyl/N-ethyl adjacent to an activating group) is 1. The summed E-state index contributed by atoms with van der Waals surface area (Å²) >= 11 is 0. The van der Waals surface area contributed by atoms with Crippen LogP contribution in [0.3, 0.4) is 0 Å². The van der Waals surface area contributed by atoms with E-state index in [2.05, 4.69) is 49.2 Å². The maximum absolute atomic E-state index is 5.76. The Kier molecular flexibility index (Phi) is 4.38. The van der Waals surface area contributed by atoms with Crippen LogP contribution in [0.1, 0.15) is 18.9 Å². The van der Waals surface area contributed by atoms with Gasteiger partial charge in [0.1, 0.15) is 6.79 Å². The summed E-state index contributed by atoms with van der Waals surface area (Å²) in [5.41, 5.74) is 1.55. The van der Waals surface area contributed by atoms with Crippen molar-refractivity contribution in [3.8, 4) is 0 Å². The van der Waals surface area contributed by atoms with Gasteiger partial charge in [-0.15, -0.1) is 0 Å². The Balaban J connectivity index is 2.11. The van der Waals surface area contributed by atoms with Crippen molar-refractivity contribution in [3.63, 3.8) is 0 Å². The number of rotatable bonds is 4. The summed E-state index contributed by atoms with van der Waals surface area (Å²) in [5.74, 6) is 0. The van der Waals surface area contributed by atoms with Crippen molar-refractivity contribution in [2.75, 3.05) is 34.0 Å². The van der Waals surface area contributed by atoms with Crippen molar-refractivity contribution in [1.29, 1.82) is 0 Å². The summed E-state index contributed by atoms with van der Waals surface area (Å²) in [6, 6.07) is 10.7. The lowest BCUT2D eigenvalue weighted by atomic mass is 9.75. The number of hydrogen-bond donors (Lipinski definition) is 0. The molecule has 0 bridgehead atoms. The lowest BCUT2D eigenvalue weighted by Crippen LogP contribution is -2.49. The highest BCUT2D eigenvalue weighted by Gasteiger charge is 2.36. The molecular formula is C15H23NO2. The minimum Gasteiger partial charge on any atom is -0.359 e. The van der Waals surface area contributed by atoms with Gasteiger partial charge < -0.3 is 14.4 Å². The lowest BCUT2D eigenvalue weighted by Gasteiger charge is -2.43. The molecule has 3 heteroatoms. The van der Waals surface area contributed by atoms with Crippen LogP contribution >= 0.6 is 0 Å². The van der Waals surface area contributed by atoms with Gasteiger partial charge in [-0.2, -0.15) is 0 Å². The van der Waals surface area contributed by atoms with Gasteiger partial charge in [0.25, 0.3) is 0 Å². The molecular weight excluding hydrogens is 226 g/mol. The molecule has 2 atom stereocenters. The van der Waals surface area contributed by atoms with Crippen LogP contribution in [0.2, 0.25) is 0 Å². The molecule has 0 saturated carbocycles. The lowest BCUT2D eigenvalue weighted by molar-refractivity contribution is -0.100. The van der Waals surface area contributed by atoms with Gasteiger partial charge in [-0.1, -0.05) is 37.3 Å². The summed E-state index contributed by atoms with van der Waals surface area (Å²) in [4.78, 5) is 2.34. The first-order valence-electron chi connectivity index (χ1n) is 6.49. The Morgan fingerprint density at radius 3 is 2.72 bits per heavy atom. The van der Waals surface area contributed by atoms with E-state index in [1.807, 2.05) is 0 Å². The zero-order valence-electron chi connectivity index (χ0n) is 11.6. The normalized spacial score (nSPS) is 29.4. The van der Waals surface area contributed by atoms with E-state index >= 15 is 0 Å². The molecule has 0 spiro atoms. The van der Waals surface area contributed by atoms with E-state index in [9.17, 15) is 0 Å². The predicted octanol–water partition coefficient (Wildman–Crippen LogP) is 2.27. The van der Waals surface area contributed by atoms with Crippen molar-refractivity contribution < 1.29 is 9.47 Å². The van der Waals surface area contributed by atoms with Crippen LogP contribution in [0.5, 0.6) is 0 Å². The Morgan fingerprint density at radius 1 is 1.33 bits per heavy atom. The van der Waals surface area contributed by atoms with Crippen molar-refractivity contribution in [2.24, 2.45) is 0 Å². The molecule has 1 heterocycles. The molecule has 1 saturated heterocycles. The molecule has 1 aromatic carbocycles. The molecule has 0 N–H and O–H groups in total. The largest absolute Gasteiger partial charge is 0.359 e. The number of benzene rings is 1. The summed E-state index contributed by atoms with van der Waals surface area (Å²) < 4.78 is 10.8. The number of nitrogens with zero attached hydrogens (tertiary/aromatic N) is 1. The van der Waals surface area contributed by atoms with Gasteiger partial charge in [0.05, 0.1) is 6.10 Å². The Morgan fingerprint density at radius 2 is 2.06 bits per heavy atom. The van der Waals surface area contributed by atoms with Gasteiger partial charge in [-0.25, -0.2) is 0 Å². The highest BCUT2D eigenvalue weighted by atomic mass is 16.7. The standard InChI is InChI=1S/C15H23NO2/c1-15(13-7-5-4-6-8-13)9-14(18-12-17-3)10-16(2)11-15/h4-8,14H,9-12H2,1-3H3/t14-,15+/m0/s1. The van der Waals surface area contributed by atoms with Crippen molar-refractivity contribution in [3.05, 3.63) is 35.9 Å². The summed E-state index contributed by atoms with van der Waals surface area (Å²) in [5, 5.41) is 0. The fourth-order valence-corrected chi connectivity index (χ4v) is 2.97. The Bertz CT molecular complexity index is 368. The summed E-state index contributed by atoms with van der Waals surface area (Å²) in [7, 11) is 3.83. The van der Waals surface area contributed by atoms with Crippen LogP contribution in [0, 0.1) is 0 Å². The van der Waals surface area contributed by atoms with Crippen molar-refractivity contribution in [1.82, 2.24) is 4.90 Å². The van der Waals surface area contributed by atoms with Crippen LogP contribution < -0.4 is 0 Å². The zero-order valence-corrected chi connectivity index (χ0v) is 11.6. The quantitative estimate of drug-likeness (QED) is 0.764. The molecule has 2 rings (SSSR count). The molecule has 0 aromatic heterocycles. The average molecular weight is 249 g/mol. The van der Waals surface area contributed by atoms with Crippen LogP contribution in [0.15, 0.2) is 30.3 Å². The van der Waals surface area contributed by atoms with Gasteiger partial charge in [0.15, 0.2) is 0 Å². The van der Waals surface area contributed by atoms with E-state index in [4.69, 9.17) is 9.47 Å². The molecule has 0 unspecified atom stereocenters. The van der Waals surface area contributed by atoms with E-state index in [-0.39, 0.29) is 11.5 Å². The summed E-state index contributed by atoms with van der Waals surface area (Å²) in [6.07, 6.45) is 1.29. The average Bonchev–Trinajstić information content (AvgIpc) is 2.36. The van der Waals surface area contributed by atoms with E-state index in [1.165, 1.54) is 5.56 Å². The maximum atomic E-state index is 5.76. The number of likely N-dealkylation sites (tertiary alicyclic amines) is 1. The molecule has 1 aromatic rings. The number of piperidine rings is 1. The second kappa shape index (κ2) is 5.83. The topological polar surface area (TPSA) is 21.7 Å². The SMILES string of the molecule is COCO[C@@H]1CN(C)C[C@](C)(c2ccccc2)C1. The predicted molar refractivity (Wildman–Crippen MR) is 72.7 cm³/mol. The molecule has 1 aliphatic rings. The molecule has 1 aliphatic heterocycles. The van der Waals surface area contributed by atoms with Gasteiger partial charge in [-0.05, 0) is 19.0 Å². The van der Waals surface area contributed by atoms with Gasteiger partial charge in [0.2, 0.25) is 0 Å². The molecule has 0 amide bonds. The molecule has 1 fully saturated rings. The third kappa shape index (κ3) is 3.10. The van der Waals surface area contributed by atoms with Crippen LogP contribution in [0.4, 0.5) is 0 Å². The maximum Gasteiger partial charge on any atom is 0.146 e. The molecule has 18 heavy (non-hydrogen) atoms. The van der Waals surface area contributed by atoms with E-state index < -0.39 is 0 Å². The number of ether oxygens (including phenoxy) is 2. The van der Waals surface area contributed by atoms with Gasteiger partial charge in [-0.3, -0.25) is 0 Å². The van der Waals surface area contributed by atoms with Gasteiger partial charge in [0, 0.05) is 25.6 Å². The van der Waals surface area contributed by atoms with E-state index in [1.54, 1.807) is 7.11 Å². The Hall–Kier alpha value is -0.900. The minimum atomic E-state index is 0.159. The fourth-order valence-electron chi connectivity index (χ4n) is 2.97. The van der Waals surface area contributed by atoms with Crippen molar-refractivity contribution in [2.45, 2.75) is 24.9 Å². The highest BCUT2D eigenvalue weighted by molar-refractivity contribution is 5.26. The smallest absolute Gasteiger partial charge is 0.146 e. The van der Waals surface area contributed by atoms with Crippen LogP contribution in [-0.4, -0.2) is 45.0 Å². The van der Waals surface area contributed by atoms with Crippen LogP contribution in [0.25, 0.3) is 0 Å².